The van der Waals surface area contributed by atoms with Gasteiger partial charge >= 0.3 is 6.03 Å². The standard InChI is InChI=1S/C15H20N4O2/c1-10-13(5-6-16-10)14(20)18-11-3-2-4-12(9-11)19-8-7-17-15(19)21/h2-4,9-10,13,16H,5-8H2,1H3,(H,17,21)(H,18,20). The normalized spacial score (nSPS) is 25.0. The van der Waals surface area contributed by atoms with Crippen molar-refractivity contribution >= 4 is 23.3 Å². The van der Waals surface area contributed by atoms with Crippen molar-refractivity contribution in [2.75, 3.05) is 29.9 Å². The highest BCUT2D eigenvalue weighted by molar-refractivity contribution is 5.96. The maximum atomic E-state index is 12.3. The van der Waals surface area contributed by atoms with Crippen LogP contribution in [0.3, 0.4) is 0 Å². The number of nitrogens with zero attached hydrogens (tertiary/aromatic N) is 1. The van der Waals surface area contributed by atoms with E-state index in [-0.39, 0.29) is 23.9 Å². The molecule has 21 heavy (non-hydrogen) atoms. The molecule has 3 rings (SSSR count). The molecule has 0 spiro atoms. The second-order valence-electron chi connectivity index (χ2n) is 5.56. The van der Waals surface area contributed by atoms with Gasteiger partial charge in [-0.3, -0.25) is 9.69 Å². The maximum absolute atomic E-state index is 12.3. The van der Waals surface area contributed by atoms with Crippen molar-refractivity contribution in [3.8, 4) is 0 Å². The van der Waals surface area contributed by atoms with E-state index < -0.39 is 0 Å². The van der Waals surface area contributed by atoms with Crippen LogP contribution in [0, 0.1) is 5.92 Å². The van der Waals surface area contributed by atoms with Crippen molar-refractivity contribution in [1.82, 2.24) is 10.6 Å². The molecular formula is C15H20N4O2. The lowest BCUT2D eigenvalue weighted by atomic mass is 10.0. The van der Waals surface area contributed by atoms with Crippen LogP contribution in [0.25, 0.3) is 0 Å². The second-order valence-corrected chi connectivity index (χ2v) is 5.56. The number of nitrogens with one attached hydrogen (secondary N) is 3. The molecule has 6 heteroatoms. The highest BCUT2D eigenvalue weighted by Gasteiger charge is 2.29. The van der Waals surface area contributed by atoms with Crippen molar-refractivity contribution in [2.45, 2.75) is 19.4 Å². The molecule has 3 N–H and O–H groups in total. The highest BCUT2D eigenvalue weighted by Crippen LogP contribution is 2.23. The Bertz CT molecular complexity index is 560. The fraction of sp³-hybridized carbons (Fsp3) is 0.467. The number of carbonyl (C=O) groups is 2. The Kier molecular flexibility index (Phi) is 3.79. The Hall–Kier alpha value is -2.08. The molecule has 112 valence electrons. The lowest BCUT2D eigenvalue weighted by Crippen LogP contribution is -2.32. The molecule has 2 heterocycles. The lowest BCUT2D eigenvalue weighted by molar-refractivity contribution is -0.120. The number of hydrogen-bond donors (Lipinski definition) is 3. The third-order valence-electron chi connectivity index (χ3n) is 4.14. The van der Waals surface area contributed by atoms with E-state index >= 15 is 0 Å². The van der Waals surface area contributed by atoms with Gasteiger partial charge in [-0.25, -0.2) is 4.79 Å². The van der Waals surface area contributed by atoms with Crippen LogP contribution in [0.2, 0.25) is 0 Å². The summed E-state index contributed by atoms with van der Waals surface area (Å²) in [6.07, 6.45) is 0.862. The summed E-state index contributed by atoms with van der Waals surface area (Å²) < 4.78 is 0. The smallest absolute Gasteiger partial charge is 0.321 e. The van der Waals surface area contributed by atoms with Gasteiger partial charge in [0, 0.05) is 30.5 Å². The number of rotatable bonds is 3. The minimum absolute atomic E-state index is 0.00346. The number of amides is 3. The van der Waals surface area contributed by atoms with Gasteiger partial charge in [-0.2, -0.15) is 0 Å². The third kappa shape index (κ3) is 2.85. The van der Waals surface area contributed by atoms with Gasteiger partial charge < -0.3 is 16.0 Å². The molecular weight excluding hydrogens is 268 g/mol. The molecule has 1 aromatic carbocycles. The first-order valence-electron chi connectivity index (χ1n) is 7.35. The number of hydrogen-bond acceptors (Lipinski definition) is 3. The third-order valence-corrected chi connectivity index (χ3v) is 4.14. The number of anilines is 2. The van der Waals surface area contributed by atoms with E-state index in [2.05, 4.69) is 16.0 Å². The summed E-state index contributed by atoms with van der Waals surface area (Å²) in [7, 11) is 0. The van der Waals surface area contributed by atoms with Crippen LogP contribution in [-0.4, -0.2) is 37.6 Å². The zero-order chi connectivity index (χ0) is 14.8. The largest absolute Gasteiger partial charge is 0.336 e. The van der Waals surface area contributed by atoms with Crippen LogP contribution in [0.15, 0.2) is 24.3 Å². The van der Waals surface area contributed by atoms with E-state index in [0.717, 1.165) is 24.3 Å². The molecule has 2 unspecified atom stereocenters. The molecule has 1 aromatic rings. The van der Waals surface area contributed by atoms with E-state index in [1.807, 2.05) is 31.2 Å². The van der Waals surface area contributed by atoms with Crippen LogP contribution in [0.4, 0.5) is 16.2 Å². The van der Waals surface area contributed by atoms with Crippen LogP contribution in [-0.2, 0) is 4.79 Å². The van der Waals surface area contributed by atoms with Crippen LogP contribution in [0.1, 0.15) is 13.3 Å². The summed E-state index contributed by atoms with van der Waals surface area (Å²) in [6, 6.07) is 7.54. The Balaban J connectivity index is 1.71. The first-order valence-corrected chi connectivity index (χ1v) is 7.35. The van der Waals surface area contributed by atoms with Gasteiger partial charge in [0.1, 0.15) is 0 Å². The molecule has 2 aliphatic rings. The Labute approximate surface area is 123 Å². The minimum atomic E-state index is -0.0907. The van der Waals surface area contributed by atoms with E-state index in [0.29, 0.717) is 13.1 Å². The van der Waals surface area contributed by atoms with Crippen molar-refractivity contribution < 1.29 is 9.59 Å². The maximum Gasteiger partial charge on any atom is 0.321 e. The Morgan fingerprint density at radius 2 is 2.24 bits per heavy atom. The van der Waals surface area contributed by atoms with Crippen LogP contribution >= 0.6 is 0 Å². The van der Waals surface area contributed by atoms with Gasteiger partial charge in [0.25, 0.3) is 0 Å². The van der Waals surface area contributed by atoms with Gasteiger partial charge in [0.15, 0.2) is 0 Å². The minimum Gasteiger partial charge on any atom is -0.336 e. The predicted octanol–water partition coefficient (Wildman–Crippen LogP) is 1.15. The summed E-state index contributed by atoms with van der Waals surface area (Å²) in [5.41, 5.74) is 1.54. The molecule has 0 bridgehead atoms. The van der Waals surface area contributed by atoms with Crippen molar-refractivity contribution in [1.29, 1.82) is 0 Å². The highest BCUT2D eigenvalue weighted by atomic mass is 16.2. The van der Waals surface area contributed by atoms with Gasteiger partial charge in [-0.15, -0.1) is 0 Å². The molecule has 0 aromatic heterocycles. The SMILES string of the molecule is CC1NCCC1C(=O)Nc1cccc(N2CCNC2=O)c1. The fourth-order valence-electron chi connectivity index (χ4n) is 2.92. The fourth-order valence-corrected chi connectivity index (χ4v) is 2.92. The number of benzene rings is 1. The van der Waals surface area contributed by atoms with E-state index in [1.165, 1.54) is 0 Å². The average Bonchev–Trinajstić information content (AvgIpc) is 3.07. The van der Waals surface area contributed by atoms with Gasteiger partial charge in [0.2, 0.25) is 5.91 Å². The molecule has 3 amide bonds. The monoisotopic (exact) mass is 288 g/mol. The van der Waals surface area contributed by atoms with E-state index in [4.69, 9.17) is 0 Å². The summed E-state index contributed by atoms with van der Waals surface area (Å²) in [6.45, 7) is 4.22. The molecule has 0 aliphatic carbocycles. The molecule has 2 fully saturated rings. The van der Waals surface area contributed by atoms with E-state index in [9.17, 15) is 9.59 Å². The zero-order valence-electron chi connectivity index (χ0n) is 12.1. The van der Waals surface area contributed by atoms with Crippen LogP contribution < -0.4 is 20.9 Å². The topological polar surface area (TPSA) is 73.5 Å². The molecule has 2 saturated heterocycles. The summed E-state index contributed by atoms with van der Waals surface area (Å²) >= 11 is 0. The lowest BCUT2D eigenvalue weighted by Gasteiger charge is -2.17. The van der Waals surface area contributed by atoms with Crippen LogP contribution in [0.5, 0.6) is 0 Å². The molecule has 2 aliphatic heterocycles. The first kappa shape index (κ1) is 13.9. The van der Waals surface area contributed by atoms with E-state index in [1.54, 1.807) is 4.90 Å². The molecule has 0 saturated carbocycles. The number of urea groups is 1. The number of carbonyl (C=O) groups excluding carboxylic acids is 2. The van der Waals surface area contributed by atoms with Crippen molar-refractivity contribution in [3.63, 3.8) is 0 Å². The summed E-state index contributed by atoms with van der Waals surface area (Å²) in [4.78, 5) is 25.6. The van der Waals surface area contributed by atoms with Gasteiger partial charge in [0.05, 0.1) is 5.92 Å². The predicted molar refractivity (Wildman–Crippen MR) is 81.4 cm³/mol. The van der Waals surface area contributed by atoms with Crippen molar-refractivity contribution in [2.24, 2.45) is 5.92 Å². The Morgan fingerprint density at radius 3 is 2.90 bits per heavy atom. The average molecular weight is 288 g/mol. The second kappa shape index (κ2) is 5.73. The first-order chi connectivity index (χ1) is 10.1. The van der Waals surface area contributed by atoms with Gasteiger partial charge in [-0.1, -0.05) is 6.07 Å². The summed E-state index contributed by atoms with van der Waals surface area (Å²) in [5.74, 6) is 0.0410. The Morgan fingerprint density at radius 1 is 1.38 bits per heavy atom. The van der Waals surface area contributed by atoms with Crippen molar-refractivity contribution in [3.05, 3.63) is 24.3 Å². The molecule has 0 radical (unpaired) electrons. The quantitative estimate of drug-likeness (QED) is 0.781. The molecule has 2 atom stereocenters. The molecule has 6 nitrogen and oxygen atoms in total. The zero-order valence-corrected chi connectivity index (χ0v) is 12.1. The van der Waals surface area contributed by atoms with Gasteiger partial charge in [-0.05, 0) is 38.1 Å². The summed E-state index contributed by atoms with van der Waals surface area (Å²) in [5, 5.41) is 9.00.